The van der Waals surface area contributed by atoms with Crippen molar-refractivity contribution >= 4 is 17.2 Å². The summed E-state index contributed by atoms with van der Waals surface area (Å²) >= 11 is 1.61. The van der Waals surface area contributed by atoms with E-state index in [9.17, 15) is 0 Å². The third-order valence-electron chi connectivity index (χ3n) is 2.75. The van der Waals surface area contributed by atoms with Crippen molar-refractivity contribution in [1.29, 1.82) is 0 Å². The smallest absolute Gasteiger partial charge is 0.147 e. The number of nitrogens with zero attached hydrogens (tertiary/aromatic N) is 4. The molecule has 2 aromatic rings. The Kier molecular flexibility index (Phi) is 4.67. The van der Waals surface area contributed by atoms with Gasteiger partial charge in [-0.2, -0.15) is 0 Å². The van der Waals surface area contributed by atoms with Gasteiger partial charge in [-0.05, 0) is 20.8 Å². The van der Waals surface area contributed by atoms with Crippen LogP contribution in [0.25, 0.3) is 0 Å². The Morgan fingerprint density at radius 3 is 2.70 bits per heavy atom. The zero-order chi connectivity index (χ0) is 14.6. The van der Waals surface area contributed by atoms with E-state index in [2.05, 4.69) is 51.3 Å². The molecule has 5 nitrogen and oxygen atoms in total. The lowest BCUT2D eigenvalue weighted by Gasteiger charge is -2.21. The van der Waals surface area contributed by atoms with E-state index in [0.717, 1.165) is 30.3 Å². The van der Waals surface area contributed by atoms with Crippen LogP contribution >= 0.6 is 11.3 Å². The third kappa shape index (κ3) is 4.54. The van der Waals surface area contributed by atoms with Gasteiger partial charge in [0, 0.05) is 30.7 Å². The second kappa shape index (κ2) is 6.28. The van der Waals surface area contributed by atoms with Crippen molar-refractivity contribution in [2.45, 2.75) is 39.4 Å². The fourth-order valence-electron chi connectivity index (χ4n) is 1.66. The Morgan fingerprint density at radius 2 is 2.05 bits per heavy atom. The highest BCUT2D eigenvalue weighted by molar-refractivity contribution is 7.07. The Balaban J connectivity index is 2.01. The minimum absolute atomic E-state index is 0.0736. The molecule has 0 aliphatic rings. The largest absolute Gasteiger partial charge is 0.352 e. The van der Waals surface area contributed by atoms with Gasteiger partial charge in [0.05, 0.1) is 29.6 Å². The van der Waals surface area contributed by atoms with Crippen molar-refractivity contribution in [2.75, 3.05) is 11.9 Å². The lowest BCUT2D eigenvalue weighted by molar-refractivity contribution is 0.421. The van der Waals surface area contributed by atoms with Crippen molar-refractivity contribution in [1.82, 2.24) is 20.3 Å². The van der Waals surface area contributed by atoms with Crippen molar-refractivity contribution in [2.24, 2.45) is 0 Å². The van der Waals surface area contributed by atoms with Crippen molar-refractivity contribution in [3.63, 3.8) is 0 Å². The molecule has 0 aliphatic carbocycles. The van der Waals surface area contributed by atoms with Crippen LogP contribution in [-0.2, 0) is 13.1 Å². The van der Waals surface area contributed by atoms with Crippen LogP contribution in [0.15, 0.2) is 23.3 Å². The summed E-state index contributed by atoms with van der Waals surface area (Å²) < 4.78 is 0. The number of nitrogens with one attached hydrogen (secondary N) is 1. The van der Waals surface area contributed by atoms with E-state index in [0.29, 0.717) is 0 Å². The highest BCUT2D eigenvalue weighted by Crippen LogP contribution is 2.12. The molecule has 0 unspecified atom stereocenters. The Labute approximate surface area is 124 Å². The van der Waals surface area contributed by atoms with E-state index in [1.165, 1.54) is 0 Å². The number of thiazole rings is 1. The molecule has 0 atom stereocenters. The molecule has 2 aromatic heterocycles. The van der Waals surface area contributed by atoms with Gasteiger partial charge < -0.3 is 10.2 Å². The van der Waals surface area contributed by atoms with Gasteiger partial charge in [0.15, 0.2) is 0 Å². The molecule has 6 heteroatoms. The molecular weight excluding hydrogens is 270 g/mol. The second-order valence-electron chi connectivity index (χ2n) is 5.81. The predicted octanol–water partition coefficient (Wildman–Crippen LogP) is 2.46. The number of hydrogen-bond acceptors (Lipinski definition) is 6. The van der Waals surface area contributed by atoms with Gasteiger partial charge in [-0.25, -0.2) is 9.97 Å². The monoisotopic (exact) mass is 291 g/mol. The molecule has 0 saturated carbocycles. The first-order valence-corrected chi connectivity index (χ1v) is 7.52. The van der Waals surface area contributed by atoms with Crippen molar-refractivity contribution < 1.29 is 0 Å². The van der Waals surface area contributed by atoms with Crippen LogP contribution in [0.3, 0.4) is 0 Å². The van der Waals surface area contributed by atoms with Gasteiger partial charge in [-0.15, -0.1) is 11.3 Å². The minimum atomic E-state index is 0.0736. The fourth-order valence-corrected chi connectivity index (χ4v) is 2.21. The van der Waals surface area contributed by atoms with E-state index in [1.54, 1.807) is 23.7 Å². The van der Waals surface area contributed by atoms with Crippen molar-refractivity contribution in [3.8, 4) is 0 Å². The number of hydrogen-bond donors (Lipinski definition) is 1. The molecular formula is C14H21N5S. The maximum absolute atomic E-state index is 4.63. The topological polar surface area (TPSA) is 53.9 Å². The molecule has 0 aromatic carbocycles. The minimum Gasteiger partial charge on any atom is -0.352 e. The van der Waals surface area contributed by atoms with Crippen LogP contribution < -0.4 is 10.2 Å². The number of anilines is 1. The first-order chi connectivity index (χ1) is 9.44. The first kappa shape index (κ1) is 14.9. The SMILES string of the molecule is CN(Cc1cscn1)c1cncc(CNC(C)(C)C)n1. The molecule has 0 fully saturated rings. The molecule has 20 heavy (non-hydrogen) atoms. The van der Waals surface area contributed by atoms with Crippen LogP contribution in [0, 0.1) is 0 Å². The number of rotatable bonds is 5. The van der Waals surface area contributed by atoms with Crippen LogP contribution in [-0.4, -0.2) is 27.5 Å². The summed E-state index contributed by atoms with van der Waals surface area (Å²) in [6.07, 6.45) is 3.59. The maximum atomic E-state index is 4.63. The van der Waals surface area contributed by atoms with Crippen LogP contribution in [0.1, 0.15) is 32.2 Å². The zero-order valence-corrected chi connectivity index (χ0v) is 13.2. The standard InChI is InChI=1S/C14H21N5S/c1-14(2,3)17-6-11-5-15-7-13(18-11)19(4)8-12-9-20-10-16-12/h5,7,9-10,17H,6,8H2,1-4H3. The Bertz CT molecular complexity index is 533. The average Bonchev–Trinajstić information content (AvgIpc) is 2.89. The first-order valence-electron chi connectivity index (χ1n) is 6.58. The normalized spacial score (nSPS) is 11.6. The van der Waals surface area contributed by atoms with Gasteiger partial charge in [0.1, 0.15) is 5.82 Å². The third-order valence-corrected chi connectivity index (χ3v) is 3.38. The summed E-state index contributed by atoms with van der Waals surface area (Å²) in [5.41, 5.74) is 3.92. The molecule has 0 saturated heterocycles. The fraction of sp³-hybridized carbons (Fsp3) is 0.500. The molecule has 0 bridgehead atoms. The summed E-state index contributed by atoms with van der Waals surface area (Å²) in [4.78, 5) is 15.3. The molecule has 0 amide bonds. The zero-order valence-electron chi connectivity index (χ0n) is 12.4. The predicted molar refractivity (Wildman–Crippen MR) is 82.8 cm³/mol. The highest BCUT2D eigenvalue weighted by atomic mass is 32.1. The summed E-state index contributed by atoms with van der Waals surface area (Å²) in [6, 6.07) is 0. The Morgan fingerprint density at radius 1 is 1.25 bits per heavy atom. The summed E-state index contributed by atoms with van der Waals surface area (Å²) in [6.45, 7) is 7.87. The summed E-state index contributed by atoms with van der Waals surface area (Å²) in [5, 5.41) is 5.47. The average molecular weight is 291 g/mol. The molecule has 2 rings (SSSR count). The van der Waals surface area contributed by atoms with Crippen LogP contribution in [0.5, 0.6) is 0 Å². The number of aromatic nitrogens is 3. The van der Waals surface area contributed by atoms with E-state index in [-0.39, 0.29) is 5.54 Å². The molecule has 1 N–H and O–H groups in total. The Hall–Kier alpha value is -1.53. The van der Waals surface area contributed by atoms with Gasteiger partial charge >= 0.3 is 0 Å². The highest BCUT2D eigenvalue weighted by Gasteiger charge is 2.10. The molecule has 0 aliphatic heterocycles. The van der Waals surface area contributed by atoms with E-state index in [1.807, 2.05) is 12.6 Å². The molecule has 0 spiro atoms. The van der Waals surface area contributed by atoms with Crippen LogP contribution in [0.2, 0.25) is 0 Å². The van der Waals surface area contributed by atoms with Gasteiger partial charge in [0.2, 0.25) is 0 Å². The lowest BCUT2D eigenvalue weighted by Crippen LogP contribution is -2.35. The molecule has 0 radical (unpaired) electrons. The van der Waals surface area contributed by atoms with E-state index < -0.39 is 0 Å². The summed E-state index contributed by atoms with van der Waals surface area (Å²) in [7, 11) is 2.00. The second-order valence-corrected chi connectivity index (χ2v) is 6.53. The van der Waals surface area contributed by atoms with Crippen molar-refractivity contribution in [3.05, 3.63) is 34.7 Å². The van der Waals surface area contributed by atoms with Gasteiger partial charge in [-0.1, -0.05) is 0 Å². The molecule has 2 heterocycles. The van der Waals surface area contributed by atoms with Crippen LogP contribution in [0.4, 0.5) is 5.82 Å². The lowest BCUT2D eigenvalue weighted by atomic mass is 10.1. The van der Waals surface area contributed by atoms with E-state index >= 15 is 0 Å². The summed E-state index contributed by atoms with van der Waals surface area (Å²) in [5.74, 6) is 0.867. The molecule has 108 valence electrons. The maximum Gasteiger partial charge on any atom is 0.147 e. The quantitative estimate of drug-likeness (QED) is 0.917. The van der Waals surface area contributed by atoms with E-state index in [4.69, 9.17) is 0 Å². The van der Waals surface area contributed by atoms with Gasteiger partial charge in [0.25, 0.3) is 0 Å². The van der Waals surface area contributed by atoms with Gasteiger partial charge in [-0.3, -0.25) is 4.98 Å².